The minimum Gasteiger partial charge on any atom is -0.504 e. The summed E-state index contributed by atoms with van der Waals surface area (Å²) in [5.74, 6) is 1.14. The second-order valence-electron chi connectivity index (χ2n) is 4.59. The molecule has 0 unspecified atom stereocenters. The summed E-state index contributed by atoms with van der Waals surface area (Å²) < 4.78 is 17.7. The molecule has 3 aromatic heterocycles. The number of ether oxygens (including phenoxy) is 2. The van der Waals surface area contributed by atoms with E-state index in [4.69, 9.17) is 13.9 Å². The minimum absolute atomic E-state index is 0.0252. The molecular formula is C14H11N3O4S. The van der Waals surface area contributed by atoms with Crippen LogP contribution in [-0.2, 0) is 0 Å². The average molecular weight is 317 g/mol. The van der Waals surface area contributed by atoms with Crippen molar-refractivity contribution < 1.29 is 19.0 Å². The Kier molecular flexibility index (Phi) is 2.73. The first-order valence-electron chi connectivity index (χ1n) is 6.39. The summed E-state index contributed by atoms with van der Waals surface area (Å²) in [6.07, 6.45) is 1.67. The van der Waals surface area contributed by atoms with Gasteiger partial charge in [-0.25, -0.2) is 4.98 Å². The molecule has 3 heterocycles. The maximum atomic E-state index is 10.0. The van der Waals surface area contributed by atoms with Crippen molar-refractivity contribution in [2.24, 2.45) is 0 Å². The van der Waals surface area contributed by atoms with Gasteiger partial charge in [-0.05, 0) is 23.5 Å². The van der Waals surface area contributed by atoms with E-state index in [2.05, 4.69) is 10.1 Å². The van der Waals surface area contributed by atoms with Crippen molar-refractivity contribution in [3.8, 4) is 28.1 Å². The highest BCUT2D eigenvalue weighted by atomic mass is 32.1. The normalized spacial score (nSPS) is 11.4. The Hall–Kier alpha value is -2.74. The first kappa shape index (κ1) is 13.0. The smallest absolute Gasteiger partial charge is 0.294 e. The first-order chi connectivity index (χ1) is 10.7. The maximum absolute atomic E-state index is 10.0. The van der Waals surface area contributed by atoms with Crippen molar-refractivity contribution >= 4 is 27.3 Å². The molecule has 0 aliphatic heterocycles. The van der Waals surface area contributed by atoms with Crippen LogP contribution in [0.4, 0.5) is 0 Å². The van der Waals surface area contributed by atoms with Crippen LogP contribution in [0.25, 0.3) is 27.4 Å². The Morgan fingerprint density at radius 3 is 2.86 bits per heavy atom. The molecule has 0 amide bonds. The highest BCUT2D eigenvalue weighted by molar-refractivity contribution is 7.18. The number of methoxy groups -OCH3 is 2. The molecule has 0 saturated carbocycles. The number of benzene rings is 1. The van der Waals surface area contributed by atoms with Gasteiger partial charge < -0.3 is 19.0 Å². The fourth-order valence-corrected chi connectivity index (χ4v) is 2.97. The highest BCUT2D eigenvalue weighted by Crippen LogP contribution is 2.36. The number of imidazole rings is 1. The van der Waals surface area contributed by atoms with Crippen molar-refractivity contribution in [1.82, 2.24) is 14.6 Å². The van der Waals surface area contributed by atoms with Gasteiger partial charge in [0.2, 0.25) is 4.96 Å². The van der Waals surface area contributed by atoms with E-state index in [1.54, 1.807) is 31.0 Å². The molecule has 8 heteroatoms. The minimum atomic E-state index is 0.0252. The lowest BCUT2D eigenvalue weighted by atomic mass is 10.2. The fraction of sp³-hybridized carbons (Fsp3) is 0.143. The van der Waals surface area contributed by atoms with Crippen molar-refractivity contribution in [2.75, 3.05) is 14.2 Å². The number of phenols is 1. The van der Waals surface area contributed by atoms with Gasteiger partial charge in [0.1, 0.15) is 11.4 Å². The Balaban J connectivity index is 1.92. The molecule has 112 valence electrons. The molecule has 0 spiro atoms. The van der Waals surface area contributed by atoms with Crippen LogP contribution in [0.5, 0.6) is 16.7 Å². The molecule has 22 heavy (non-hydrogen) atoms. The van der Waals surface area contributed by atoms with Crippen LogP contribution in [0.3, 0.4) is 0 Å². The Morgan fingerprint density at radius 1 is 1.23 bits per heavy atom. The third kappa shape index (κ3) is 1.81. The van der Waals surface area contributed by atoms with Crippen LogP contribution >= 0.6 is 11.3 Å². The van der Waals surface area contributed by atoms with Gasteiger partial charge in [0.25, 0.3) is 5.19 Å². The van der Waals surface area contributed by atoms with Gasteiger partial charge in [0.05, 0.1) is 20.4 Å². The molecule has 1 N–H and O–H groups in total. The summed E-state index contributed by atoms with van der Waals surface area (Å²) >= 11 is 1.34. The molecule has 7 nitrogen and oxygen atoms in total. The van der Waals surface area contributed by atoms with Crippen LogP contribution < -0.4 is 9.47 Å². The zero-order chi connectivity index (χ0) is 15.3. The largest absolute Gasteiger partial charge is 0.504 e. The number of nitrogens with zero attached hydrogens (tertiary/aromatic N) is 3. The number of aromatic hydroxyl groups is 1. The predicted molar refractivity (Wildman–Crippen MR) is 80.8 cm³/mol. The number of hydrogen-bond acceptors (Lipinski definition) is 7. The van der Waals surface area contributed by atoms with Crippen molar-refractivity contribution in [3.63, 3.8) is 0 Å². The van der Waals surface area contributed by atoms with E-state index < -0.39 is 0 Å². The number of rotatable bonds is 3. The summed E-state index contributed by atoms with van der Waals surface area (Å²) in [5.41, 5.74) is 1.08. The lowest BCUT2D eigenvalue weighted by Gasteiger charge is -1.99. The van der Waals surface area contributed by atoms with E-state index in [1.807, 2.05) is 6.07 Å². The molecule has 4 aromatic rings. The first-order valence-corrected chi connectivity index (χ1v) is 7.20. The van der Waals surface area contributed by atoms with E-state index in [9.17, 15) is 5.11 Å². The zero-order valence-electron chi connectivity index (χ0n) is 11.7. The molecular weight excluding hydrogens is 306 g/mol. The van der Waals surface area contributed by atoms with Crippen molar-refractivity contribution in [3.05, 3.63) is 24.4 Å². The monoisotopic (exact) mass is 317 g/mol. The average Bonchev–Trinajstić information content (AvgIpc) is 3.19. The number of phenolic OH excluding ortho intramolecular Hbond substituents is 1. The quantitative estimate of drug-likeness (QED) is 0.625. The molecule has 0 fully saturated rings. The molecule has 1 aromatic carbocycles. The molecule has 0 saturated heterocycles. The van der Waals surface area contributed by atoms with E-state index in [0.29, 0.717) is 32.9 Å². The number of hydrogen-bond donors (Lipinski definition) is 1. The lowest BCUT2D eigenvalue weighted by Crippen LogP contribution is -1.88. The second kappa shape index (κ2) is 4.63. The third-order valence-corrected chi connectivity index (χ3v) is 4.18. The maximum Gasteiger partial charge on any atom is 0.294 e. The number of aromatic nitrogens is 3. The summed E-state index contributed by atoms with van der Waals surface area (Å²) in [6.45, 7) is 0. The van der Waals surface area contributed by atoms with E-state index in [1.165, 1.54) is 17.4 Å². The van der Waals surface area contributed by atoms with E-state index in [0.717, 1.165) is 5.39 Å². The van der Waals surface area contributed by atoms with Gasteiger partial charge >= 0.3 is 0 Å². The SMILES string of the molecule is COc1cc(O)c2oc(-c3cnc4sc(OC)nn34)cc2c1. The summed E-state index contributed by atoms with van der Waals surface area (Å²) in [4.78, 5) is 4.98. The fourth-order valence-electron chi connectivity index (χ4n) is 2.28. The lowest BCUT2D eigenvalue weighted by molar-refractivity contribution is 0.405. The number of furan rings is 1. The van der Waals surface area contributed by atoms with Crippen molar-refractivity contribution in [2.45, 2.75) is 0 Å². The van der Waals surface area contributed by atoms with Gasteiger partial charge in [0.15, 0.2) is 17.1 Å². The van der Waals surface area contributed by atoms with Gasteiger partial charge in [-0.1, -0.05) is 0 Å². The summed E-state index contributed by atoms with van der Waals surface area (Å²) in [6, 6.07) is 5.11. The summed E-state index contributed by atoms with van der Waals surface area (Å²) in [7, 11) is 3.10. The molecule has 0 aliphatic rings. The van der Waals surface area contributed by atoms with Crippen LogP contribution in [0.1, 0.15) is 0 Å². The number of fused-ring (bicyclic) bond motifs is 2. The molecule has 0 radical (unpaired) electrons. The predicted octanol–water partition coefficient (Wildman–Crippen LogP) is 2.93. The molecule has 0 bridgehead atoms. The Morgan fingerprint density at radius 2 is 2.09 bits per heavy atom. The van der Waals surface area contributed by atoms with Gasteiger partial charge in [-0.2, -0.15) is 4.52 Å². The molecule has 0 atom stereocenters. The summed E-state index contributed by atoms with van der Waals surface area (Å²) in [5, 5.41) is 15.6. The van der Waals surface area contributed by atoms with Crippen LogP contribution in [0.15, 0.2) is 28.8 Å². The van der Waals surface area contributed by atoms with Crippen LogP contribution in [0.2, 0.25) is 0 Å². The zero-order valence-corrected chi connectivity index (χ0v) is 12.5. The van der Waals surface area contributed by atoms with E-state index >= 15 is 0 Å². The second-order valence-corrected chi connectivity index (χ2v) is 5.50. The highest BCUT2D eigenvalue weighted by Gasteiger charge is 2.17. The Labute approximate surface area is 128 Å². The Bertz CT molecular complexity index is 985. The molecule has 4 rings (SSSR count). The van der Waals surface area contributed by atoms with Gasteiger partial charge in [-0.3, -0.25) is 0 Å². The topological polar surface area (TPSA) is 82.0 Å². The van der Waals surface area contributed by atoms with E-state index in [-0.39, 0.29) is 5.75 Å². The van der Waals surface area contributed by atoms with Crippen LogP contribution in [0, 0.1) is 0 Å². The molecule has 0 aliphatic carbocycles. The third-order valence-electron chi connectivity index (χ3n) is 3.30. The van der Waals surface area contributed by atoms with Crippen molar-refractivity contribution in [1.29, 1.82) is 0 Å². The van der Waals surface area contributed by atoms with Gasteiger partial charge in [-0.15, -0.1) is 5.10 Å². The van der Waals surface area contributed by atoms with Gasteiger partial charge in [0, 0.05) is 11.5 Å². The standard InChI is InChI=1S/C14H11N3O4S/c1-19-8-3-7-4-11(21-12(7)10(18)5-8)9-6-15-13-17(9)16-14(20-2)22-13/h3-6,18H,1-2H3. The van der Waals surface area contributed by atoms with Crippen LogP contribution in [-0.4, -0.2) is 33.9 Å².